The molecule has 1 aromatic heterocycles. The van der Waals surface area contributed by atoms with Gasteiger partial charge in [0.2, 0.25) is 15.9 Å². The van der Waals surface area contributed by atoms with Crippen LogP contribution in [0.2, 0.25) is 0 Å². The van der Waals surface area contributed by atoms with E-state index < -0.39 is 10.0 Å². The molecule has 1 saturated heterocycles. The fraction of sp³-hybridized carbons (Fsp3) is 0.667. The number of nitrogens with one attached hydrogen (secondary N) is 3. The van der Waals surface area contributed by atoms with Gasteiger partial charge in [0.25, 0.3) is 0 Å². The first-order chi connectivity index (χ1) is 10.9. The van der Waals surface area contributed by atoms with Crippen molar-refractivity contribution in [1.29, 1.82) is 0 Å². The number of sulfonamides is 1. The van der Waals surface area contributed by atoms with Crippen molar-refractivity contribution in [2.45, 2.75) is 43.4 Å². The largest absolute Gasteiger partial charge is 0.356 e. The molecule has 1 fully saturated rings. The molecule has 6 nitrogen and oxygen atoms in total. The molecule has 1 atom stereocenters. The molecule has 0 radical (unpaired) electrons. The number of hydrogen-bond acceptors (Lipinski definition) is 5. The molecule has 0 spiro atoms. The van der Waals surface area contributed by atoms with E-state index in [0.29, 0.717) is 36.1 Å². The van der Waals surface area contributed by atoms with Crippen molar-refractivity contribution in [1.82, 2.24) is 15.4 Å². The van der Waals surface area contributed by atoms with Gasteiger partial charge >= 0.3 is 0 Å². The zero-order valence-corrected chi connectivity index (χ0v) is 15.2. The van der Waals surface area contributed by atoms with E-state index in [4.69, 9.17) is 0 Å². The molecule has 1 amide bonds. The van der Waals surface area contributed by atoms with Gasteiger partial charge in [-0.1, -0.05) is 13.8 Å². The van der Waals surface area contributed by atoms with Gasteiger partial charge in [-0.2, -0.15) is 0 Å². The first-order valence-electron chi connectivity index (χ1n) is 7.95. The molecule has 0 aromatic carbocycles. The third kappa shape index (κ3) is 5.87. The van der Waals surface area contributed by atoms with E-state index in [1.54, 1.807) is 6.07 Å². The maximum atomic E-state index is 12.3. The fourth-order valence-electron chi connectivity index (χ4n) is 2.44. The summed E-state index contributed by atoms with van der Waals surface area (Å²) >= 11 is 1.27. The summed E-state index contributed by atoms with van der Waals surface area (Å²) < 4.78 is 27.7. The van der Waals surface area contributed by atoms with Crippen LogP contribution in [0.5, 0.6) is 0 Å². The normalized spacial score (nSPS) is 18.5. The van der Waals surface area contributed by atoms with Crippen LogP contribution in [0.25, 0.3) is 0 Å². The van der Waals surface area contributed by atoms with Gasteiger partial charge in [0.1, 0.15) is 4.21 Å². The Morgan fingerprint density at radius 3 is 2.87 bits per heavy atom. The van der Waals surface area contributed by atoms with Gasteiger partial charge in [0, 0.05) is 30.4 Å². The molecule has 0 bridgehead atoms. The maximum Gasteiger partial charge on any atom is 0.250 e. The summed E-state index contributed by atoms with van der Waals surface area (Å²) in [4.78, 5) is 12.5. The summed E-state index contributed by atoms with van der Waals surface area (Å²) in [7, 11) is -3.44. The molecule has 1 aromatic rings. The SMILES string of the molecule is CC(C)CC(=O)NCCc1ccc(S(=O)(=O)NC2CCNC2)s1. The Kier molecular flexibility index (Phi) is 6.58. The van der Waals surface area contributed by atoms with E-state index in [1.165, 1.54) is 11.3 Å². The van der Waals surface area contributed by atoms with Crippen LogP contribution in [-0.4, -0.2) is 40.0 Å². The molecular formula is C15H25N3O3S2. The number of carbonyl (C=O) groups excluding carboxylic acids is 1. The highest BCUT2D eigenvalue weighted by atomic mass is 32.2. The van der Waals surface area contributed by atoms with Crippen LogP contribution in [-0.2, 0) is 21.2 Å². The van der Waals surface area contributed by atoms with E-state index in [0.717, 1.165) is 17.8 Å². The van der Waals surface area contributed by atoms with Gasteiger partial charge in [-0.25, -0.2) is 13.1 Å². The summed E-state index contributed by atoms with van der Waals surface area (Å²) in [6, 6.07) is 3.43. The second-order valence-corrected chi connectivity index (χ2v) is 9.34. The molecule has 3 N–H and O–H groups in total. The maximum absolute atomic E-state index is 12.3. The van der Waals surface area contributed by atoms with Crippen LogP contribution in [0.3, 0.4) is 0 Å². The Bertz CT molecular complexity index is 620. The lowest BCUT2D eigenvalue weighted by Gasteiger charge is -2.10. The van der Waals surface area contributed by atoms with Crippen molar-refractivity contribution in [2.75, 3.05) is 19.6 Å². The first-order valence-corrected chi connectivity index (χ1v) is 10.3. The Labute approximate surface area is 142 Å². The molecule has 130 valence electrons. The molecule has 1 aliphatic rings. The first kappa shape index (κ1) is 18.4. The Morgan fingerprint density at radius 2 is 2.22 bits per heavy atom. The highest BCUT2D eigenvalue weighted by Crippen LogP contribution is 2.22. The third-order valence-electron chi connectivity index (χ3n) is 3.57. The Morgan fingerprint density at radius 1 is 1.43 bits per heavy atom. The number of amides is 1. The summed E-state index contributed by atoms with van der Waals surface area (Å²) in [6.07, 6.45) is 1.98. The van der Waals surface area contributed by atoms with Crippen molar-refractivity contribution in [3.05, 3.63) is 17.0 Å². The van der Waals surface area contributed by atoms with Crippen LogP contribution < -0.4 is 15.4 Å². The van der Waals surface area contributed by atoms with E-state index in [2.05, 4.69) is 15.4 Å². The average Bonchev–Trinajstić information content (AvgIpc) is 3.09. The lowest BCUT2D eigenvalue weighted by Crippen LogP contribution is -2.35. The van der Waals surface area contributed by atoms with E-state index in [9.17, 15) is 13.2 Å². The van der Waals surface area contributed by atoms with Crippen molar-refractivity contribution >= 4 is 27.3 Å². The Balaban J connectivity index is 1.83. The quantitative estimate of drug-likeness (QED) is 0.648. The number of hydrogen-bond donors (Lipinski definition) is 3. The molecule has 1 unspecified atom stereocenters. The minimum Gasteiger partial charge on any atom is -0.356 e. The van der Waals surface area contributed by atoms with Gasteiger partial charge in [-0.3, -0.25) is 4.79 Å². The summed E-state index contributed by atoms with van der Waals surface area (Å²) in [5, 5.41) is 6.00. The molecule has 0 aliphatic carbocycles. The van der Waals surface area contributed by atoms with Crippen LogP contribution >= 0.6 is 11.3 Å². The molecule has 2 rings (SSSR count). The monoisotopic (exact) mass is 359 g/mol. The van der Waals surface area contributed by atoms with E-state index >= 15 is 0 Å². The van der Waals surface area contributed by atoms with Crippen LogP contribution in [0.15, 0.2) is 16.3 Å². The van der Waals surface area contributed by atoms with Crippen LogP contribution in [0.1, 0.15) is 31.6 Å². The number of rotatable bonds is 8. The summed E-state index contributed by atoms with van der Waals surface area (Å²) in [6.45, 7) is 6.07. The van der Waals surface area contributed by atoms with Crippen molar-refractivity contribution < 1.29 is 13.2 Å². The summed E-state index contributed by atoms with van der Waals surface area (Å²) in [5.74, 6) is 0.379. The van der Waals surface area contributed by atoms with Gasteiger partial charge in [0.15, 0.2) is 0 Å². The Hall–Kier alpha value is -0.960. The molecule has 0 saturated carbocycles. The van der Waals surface area contributed by atoms with Crippen molar-refractivity contribution in [3.63, 3.8) is 0 Å². The average molecular weight is 360 g/mol. The molecule has 23 heavy (non-hydrogen) atoms. The second kappa shape index (κ2) is 8.23. The molecule has 1 aliphatic heterocycles. The van der Waals surface area contributed by atoms with Gasteiger partial charge < -0.3 is 10.6 Å². The predicted octanol–water partition coefficient (Wildman–Crippen LogP) is 1.09. The van der Waals surface area contributed by atoms with Crippen molar-refractivity contribution in [2.24, 2.45) is 5.92 Å². The molecule has 2 heterocycles. The third-order valence-corrected chi connectivity index (χ3v) is 6.73. The number of carbonyl (C=O) groups is 1. The van der Waals surface area contributed by atoms with Crippen molar-refractivity contribution in [3.8, 4) is 0 Å². The zero-order valence-electron chi connectivity index (χ0n) is 13.6. The second-order valence-electron chi connectivity index (χ2n) is 6.23. The fourth-order valence-corrected chi connectivity index (χ4v) is 5.08. The minimum atomic E-state index is -3.44. The van der Waals surface area contributed by atoms with E-state index in [-0.39, 0.29) is 11.9 Å². The van der Waals surface area contributed by atoms with Gasteiger partial charge in [-0.05, 0) is 37.4 Å². The van der Waals surface area contributed by atoms with Crippen LogP contribution in [0, 0.1) is 5.92 Å². The molecular weight excluding hydrogens is 334 g/mol. The standard InChI is InChI=1S/C15H25N3O3S2/c1-11(2)9-14(19)17-8-6-13-3-4-15(22-13)23(20,21)18-12-5-7-16-10-12/h3-4,11-12,16,18H,5-10H2,1-2H3,(H,17,19). The number of thiophene rings is 1. The minimum absolute atomic E-state index is 0.0270. The lowest BCUT2D eigenvalue weighted by atomic mass is 10.1. The van der Waals surface area contributed by atoms with Crippen LogP contribution in [0.4, 0.5) is 0 Å². The lowest BCUT2D eigenvalue weighted by molar-refractivity contribution is -0.121. The summed E-state index contributed by atoms with van der Waals surface area (Å²) in [5.41, 5.74) is 0. The van der Waals surface area contributed by atoms with Gasteiger partial charge in [-0.15, -0.1) is 11.3 Å². The van der Waals surface area contributed by atoms with E-state index in [1.807, 2.05) is 19.9 Å². The zero-order chi connectivity index (χ0) is 16.9. The predicted molar refractivity (Wildman–Crippen MR) is 92.1 cm³/mol. The smallest absolute Gasteiger partial charge is 0.250 e. The topological polar surface area (TPSA) is 87.3 Å². The molecule has 8 heteroatoms. The highest BCUT2D eigenvalue weighted by molar-refractivity contribution is 7.91. The highest BCUT2D eigenvalue weighted by Gasteiger charge is 2.23. The van der Waals surface area contributed by atoms with Gasteiger partial charge in [0.05, 0.1) is 0 Å².